The van der Waals surface area contributed by atoms with Gasteiger partial charge in [-0.2, -0.15) is 5.26 Å². The van der Waals surface area contributed by atoms with E-state index in [0.29, 0.717) is 17.9 Å². The van der Waals surface area contributed by atoms with E-state index in [-0.39, 0.29) is 17.5 Å². The van der Waals surface area contributed by atoms with Crippen LogP contribution in [-0.4, -0.2) is 32.2 Å². The molecule has 0 radical (unpaired) electrons. The van der Waals surface area contributed by atoms with Gasteiger partial charge in [-0.3, -0.25) is 4.79 Å². The van der Waals surface area contributed by atoms with Gasteiger partial charge in [-0.1, -0.05) is 60.3 Å². The van der Waals surface area contributed by atoms with Crippen LogP contribution in [0.3, 0.4) is 0 Å². The lowest BCUT2D eigenvalue weighted by Gasteiger charge is -2.13. The molecule has 0 fully saturated rings. The van der Waals surface area contributed by atoms with Gasteiger partial charge in [-0.15, -0.1) is 10.2 Å². The van der Waals surface area contributed by atoms with Gasteiger partial charge in [-0.05, 0) is 43.5 Å². The Balaban J connectivity index is 1.69. The molecule has 168 valence electrons. The van der Waals surface area contributed by atoms with E-state index < -0.39 is 0 Å². The van der Waals surface area contributed by atoms with E-state index in [0.717, 1.165) is 44.1 Å². The third-order valence-electron chi connectivity index (χ3n) is 4.89. The second kappa shape index (κ2) is 11.5. The van der Waals surface area contributed by atoms with Crippen LogP contribution in [-0.2, 0) is 11.3 Å². The van der Waals surface area contributed by atoms with Crippen LogP contribution in [0.15, 0.2) is 32.9 Å². The molecule has 0 aliphatic heterocycles. The molecular weight excluding hydrogens is 465 g/mol. The van der Waals surface area contributed by atoms with Gasteiger partial charge in [0.05, 0.1) is 11.3 Å². The Kier molecular flexibility index (Phi) is 8.73. The summed E-state index contributed by atoms with van der Waals surface area (Å²) >= 11 is 4.50. The first-order chi connectivity index (χ1) is 15.4. The fraction of sp³-hybridized carbons (Fsp3) is 0.364. The van der Waals surface area contributed by atoms with Crippen molar-refractivity contribution in [3.05, 3.63) is 52.5 Å². The van der Waals surface area contributed by atoms with Crippen LogP contribution >= 0.6 is 34.9 Å². The summed E-state index contributed by atoms with van der Waals surface area (Å²) < 4.78 is 16.8. The summed E-state index contributed by atoms with van der Waals surface area (Å²) in [5, 5.41) is 20.9. The van der Waals surface area contributed by atoms with Crippen molar-refractivity contribution in [2.75, 3.05) is 16.8 Å². The maximum Gasteiger partial charge on any atom is 0.235 e. The second-order valence-electron chi connectivity index (χ2n) is 7.13. The highest BCUT2D eigenvalue weighted by Crippen LogP contribution is 2.30. The molecule has 3 rings (SSSR count). The molecule has 2 aromatic heterocycles. The number of nitrogens with zero attached hydrogens (tertiary/aromatic N) is 4. The average molecular weight is 490 g/mol. The number of amides is 1. The molecule has 32 heavy (non-hydrogen) atoms. The third-order valence-corrected chi connectivity index (χ3v) is 8.17. The van der Waals surface area contributed by atoms with Gasteiger partial charge in [0.1, 0.15) is 17.7 Å². The Morgan fingerprint density at radius 2 is 1.91 bits per heavy atom. The van der Waals surface area contributed by atoms with Gasteiger partial charge in [0, 0.05) is 18.0 Å². The molecule has 2 heterocycles. The zero-order valence-corrected chi connectivity index (χ0v) is 20.6. The Morgan fingerprint density at radius 3 is 2.56 bits per heavy atom. The van der Waals surface area contributed by atoms with E-state index in [1.807, 2.05) is 18.4 Å². The van der Waals surface area contributed by atoms with E-state index in [2.05, 4.69) is 28.5 Å². The lowest BCUT2D eigenvalue weighted by atomic mass is 10.2. The van der Waals surface area contributed by atoms with Crippen LogP contribution < -0.4 is 5.32 Å². The van der Waals surface area contributed by atoms with Crippen LogP contribution in [0, 0.1) is 31.0 Å². The molecule has 1 N–H and O–H groups in total. The number of halogens is 1. The Hall–Kier alpha value is -2.35. The van der Waals surface area contributed by atoms with Crippen molar-refractivity contribution in [1.29, 1.82) is 5.26 Å². The van der Waals surface area contributed by atoms with Crippen LogP contribution in [0.5, 0.6) is 0 Å². The average Bonchev–Trinajstić information content (AvgIpc) is 3.32. The van der Waals surface area contributed by atoms with Gasteiger partial charge in [0.2, 0.25) is 5.91 Å². The minimum atomic E-state index is -0.305. The molecule has 0 bridgehead atoms. The summed E-state index contributed by atoms with van der Waals surface area (Å²) in [5.74, 6) is 1.11. The third kappa shape index (κ3) is 6.12. The number of nitrogens with one attached hydrogen (secondary N) is 1. The topological polar surface area (TPSA) is 83.6 Å². The molecule has 0 aliphatic carbocycles. The van der Waals surface area contributed by atoms with E-state index >= 15 is 0 Å². The zero-order valence-electron chi connectivity index (χ0n) is 18.1. The van der Waals surface area contributed by atoms with Crippen molar-refractivity contribution in [3.8, 4) is 6.07 Å². The lowest BCUT2D eigenvalue weighted by molar-refractivity contribution is -0.113. The predicted molar refractivity (Wildman–Crippen MR) is 129 cm³/mol. The van der Waals surface area contributed by atoms with E-state index in [4.69, 9.17) is 0 Å². The van der Waals surface area contributed by atoms with E-state index in [9.17, 15) is 14.4 Å². The van der Waals surface area contributed by atoms with Crippen molar-refractivity contribution in [2.45, 2.75) is 48.8 Å². The number of rotatable bonds is 10. The van der Waals surface area contributed by atoms with Crippen LogP contribution in [0.1, 0.15) is 42.1 Å². The lowest BCUT2D eigenvalue weighted by Crippen LogP contribution is -2.18. The molecule has 1 aromatic carbocycles. The number of carbonyl (C=O) groups excluding carboxylic acids is 1. The molecule has 0 aliphatic rings. The van der Waals surface area contributed by atoms with Crippen molar-refractivity contribution in [3.63, 3.8) is 0 Å². The number of hydrogen-bond acceptors (Lipinski definition) is 7. The van der Waals surface area contributed by atoms with E-state index in [1.54, 1.807) is 23.9 Å². The normalized spacial score (nSPS) is 10.8. The number of anilines is 1. The monoisotopic (exact) mass is 489 g/mol. The quantitative estimate of drug-likeness (QED) is 0.293. The van der Waals surface area contributed by atoms with Gasteiger partial charge in [-0.25, -0.2) is 4.39 Å². The number of thioether (sulfide) groups is 2. The first kappa shape index (κ1) is 24.3. The molecule has 10 heteroatoms. The highest BCUT2D eigenvalue weighted by molar-refractivity contribution is 8.03. The fourth-order valence-electron chi connectivity index (χ4n) is 3.01. The number of benzene rings is 1. The molecule has 3 aromatic rings. The molecule has 0 saturated carbocycles. The molecule has 0 unspecified atom stereocenters. The first-order valence-electron chi connectivity index (χ1n) is 10.2. The molecule has 1 amide bonds. The minimum Gasteiger partial charge on any atom is -0.326 e. The summed E-state index contributed by atoms with van der Waals surface area (Å²) in [6.07, 6.45) is 2.27. The highest BCUT2D eigenvalue weighted by Gasteiger charge is 2.20. The Labute approximate surface area is 199 Å². The Bertz CT molecular complexity index is 1120. The summed E-state index contributed by atoms with van der Waals surface area (Å²) in [6, 6.07) is 8.40. The second-order valence-corrected chi connectivity index (χ2v) is 10.7. The van der Waals surface area contributed by atoms with Crippen molar-refractivity contribution < 1.29 is 9.18 Å². The molecule has 6 nitrogen and oxygen atoms in total. The smallest absolute Gasteiger partial charge is 0.235 e. The van der Waals surface area contributed by atoms with Crippen LogP contribution in [0.25, 0.3) is 0 Å². The molecule has 0 spiro atoms. The Morgan fingerprint density at radius 1 is 1.22 bits per heavy atom. The maximum absolute atomic E-state index is 13.3. The zero-order chi connectivity index (χ0) is 23.1. The summed E-state index contributed by atoms with van der Waals surface area (Å²) in [7, 11) is 0. The van der Waals surface area contributed by atoms with Crippen LogP contribution in [0.4, 0.5) is 10.2 Å². The van der Waals surface area contributed by atoms with Gasteiger partial charge in [0.15, 0.2) is 8.68 Å². The first-order valence-corrected chi connectivity index (χ1v) is 12.9. The summed E-state index contributed by atoms with van der Waals surface area (Å²) in [6.45, 7) is 6.34. The maximum atomic E-state index is 13.3. The SMILES string of the molecule is CCCCSc1nnc(SCC(=O)Nc2c(C#N)c(C)c(C)n2Cc2ccc(F)cc2)s1. The predicted octanol–water partition coefficient (Wildman–Crippen LogP) is 5.64. The number of hydrogen-bond donors (Lipinski definition) is 1. The summed E-state index contributed by atoms with van der Waals surface area (Å²) in [4.78, 5) is 12.7. The number of unbranched alkanes of at least 4 members (excludes halogenated alkanes) is 1. The number of nitriles is 1. The number of aromatic nitrogens is 3. The fourth-order valence-corrected chi connectivity index (χ4v) is 5.99. The van der Waals surface area contributed by atoms with E-state index in [1.165, 1.54) is 35.2 Å². The van der Waals surface area contributed by atoms with Crippen molar-refractivity contribution in [1.82, 2.24) is 14.8 Å². The van der Waals surface area contributed by atoms with Crippen molar-refractivity contribution >= 4 is 46.6 Å². The van der Waals surface area contributed by atoms with Gasteiger partial charge < -0.3 is 9.88 Å². The van der Waals surface area contributed by atoms with Gasteiger partial charge in [0.25, 0.3) is 0 Å². The standard InChI is InChI=1S/C22H24FN5OS3/c1-4-5-10-30-21-26-27-22(32-21)31-13-19(29)25-20-18(11-24)14(2)15(3)28(20)12-16-6-8-17(23)9-7-16/h6-9H,4-5,10,12-13H2,1-3H3,(H,25,29). The molecular formula is C22H24FN5OS3. The van der Waals surface area contributed by atoms with Gasteiger partial charge >= 0.3 is 0 Å². The summed E-state index contributed by atoms with van der Waals surface area (Å²) in [5.41, 5.74) is 3.01. The van der Waals surface area contributed by atoms with Crippen LogP contribution in [0.2, 0.25) is 0 Å². The highest BCUT2D eigenvalue weighted by atomic mass is 32.2. The largest absolute Gasteiger partial charge is 0.326 e. The number of carbonyl (C=O) groups is 1. The van der Waals surface area contributed by atoms with Crippen molar-refractivity contribution in [2.24, 2.45) is 0 Å². The minimum absolute atomic E-state index is 0.166. The molecule has 0 atom stereocenters. The molecule has 0 saturated heterocycles.